The van der Waals surface area contributed by atoms with Crippen LogP contribution in [0.2, 0.25) is 0 Å². The highest BCUT2D eigenvalue weighted by atomic mass is 16.6. The predicted molar refractivity (Wildman–Crippen MR) is 104 cm³/mol. The topological polar surface area (TPSA) is 105 Å². The van der Waals surface area contributed by atoms with Gasteiger partial charge in [0.1, 0.15) is 5.69 Å². The number of nitrogens with one attached hydrogen (secondary N) is 1. The molecule has 0 aliphatic carbocycles. The first kappa shape index (κ1) is 19.9. The van der Waals surface area contributed by atoms with Crippen LogP contribution in [0.1, 0.15) is 43.0 Å². The summed E-state index contributed by atoms with van der Waals surface area (Å²) in [6, 6.07) is 4.60. The van der Waals surface area contributed by atoms with Crippen LogP contribution in [-0.4, -0.2) is 60.7 Å². The fourth-order valence-electron chi connectivity index (χ4n) is 3.73. The first-order valence-corrected chi connectivity index (χ1v) is 9.75. The minimum Gasteiger partial charge on any atom is -0.450 e. The summed E-state index contributed by atoms with van der Waals surface area (Å²) in [7, 11) is 0. The molecule has 0 bridgehead atoms. The van der Waals surface area contributed by atoms with E-state index in [1.165, 1.54) is 6.07 Å². The molecule has 2 amide bonds. The van der Waals surface area contributed by atoms with Gasteiger partial charge in [0.2, 0.25) is 0 Å². The van der Waals surface area contributed by atoms with E-state index in [-0.39, 0.29) is 29.3 Å². The predicted octanol–water partition coefficient (Wildman–Crippen LogP) is 2.55. The third kappa shape index (κ3) is 4.52. The van der Waals surface area contributed by atoms with Gasteiger partial charge in [-0.2, -0.15) is 0 Å². The van der Waals surface area contributed by atoms with Crippen molar-refractivity contribution in [2.45, 2.75) is 38.6 Å². The van der Waals surface area contributed by atoms with E-state index in [0.717, 1.165) is 25.9 Å². The highest BCUT2D eigenvalue weighted by molar-refractivity contribution is 5.96. The maximum absolute atomic E-state index is 12.6. The zero-order valence-corrected chi connectivity index (χ0v) is 16.1. The maximum Gasteiger partial charge on any atom is 0.409 e. The van der Waals surface area contributed by atoms with Crippen molar-refractivity contribution >= 4 is 23.4 Å². The Hall–Kier alpha value is -2.84. The smallest absolute Gasteiger partial charge is 0.409 e. The van der Waals surface area contributed by atoms with Crippen LogP contribution in [0.3, 0.4) is 0 Å². The van der Waals surface area contributed by atoms with Crippen molar-refractivity contribution < 1.29 is 19.2 Å². The number of amides is 2. The van der Waals surface area contributed by atoms with Gasteiger partial charge in [0.25, 0.3) is 11.6 Å². The third-order valence-electron chi connectivity index (χ3n) is 5.24. The standard InChI is InChI=1S/C19H26N4O5/c1-2-28-19(25)22-11-7-15(8-12-22)20-18(24)14-5-6-16(17(13-14)23(26)27)21-9-3-4-10-21/h5-6,13,15H,2-4,7-12H2,1H3,(H,20,24). The molecule has 2 aliphatic heterocycles. The Kier molecular flexibility index (Phi) is 6.33. The average molecular weight is 390 g/mol. The molecule has 2 saturated heterocycles. The van der Waals surface area contributed by atoms with Gasteiger partial charge < -0.3 is 19.9 Å². The van der Waals surface area contributed by atoms with Gasteiger partial charge in [-0.1, -0.05) is 0 Å². The molecule has 0 aromatic heterocycles. The average Bonchev–Trinajstić information content (AvgIpc) is 3.23. The molecule has 0 radical (unpaired) electrons. The summed E-state index contributed by atoms with van der Waals surface area (Å²) in [5, 5.41) is 14.4. The molecule has 2 aliphatic rings. The zero-order chi connectivity index (χ0) is 20.1. The molecule has 1 aromatic rings. The number of hydrogen-bond donors (Lipinski definition) is 1. The molecule has 0 atom stereocenters. The van der Waals surface area contributed by atoms with Gasteiger partial charge >= 0.3 is 6.09 Å². The van der Waals surface area contributed by atoms with Gasteiger partial charge in [-0.05, 0) is 44.7 Å². The molecule has 0 saturated carbocycles. The van der Waals surface area contributed by atoms with Crippen LogP contribution >= 0.6 is 0 Å². The van der Waals surface area contributed by atoms with Crippen molar-refractivity contribution in [2.24, 2.45) is 0 Å². The van der Waals surface area contributed by atoms with Crippen molar-refractivity contribution in [1.82, 2.24) is 10.2 Å². The van der Waals surface area contributed by atoms with Crippen LogP contribution in [0.15, 0.2) is 18.2 Å². The van der Waals surface area contributed by atoms with E-state index in [0.29, 0.717) is 38.2 Å². The summed E-state index contributed by atoms with van der Waals surface area (Å²) in [6.45, 7) is 4.72. The second kappa shape index (κ2) is 8.90. The maximum atomic E-state index is 12.6. The Morgan fingerprint density at radius 3 is 2.50 bits per heavy atom. The van der Waals surface area contributed by atoms with Crippen LogP contribution in [0.4, 0.5) is 16.2 Å². The van der Waals surface area contributed by atoms with E-state index in [2.05, 4.69) is 5.32 Å². The number of anilines is 1. The monoisotopic (exact) mass is 390 g/mol. The first-order chi connectivity index (χ1) is 13.5. The SMILES string of the molecule is CCOC(=O)N1CCC(NC(=O)c2ccc(N3CCCC3)c([N+](=O)[O-])c2)CC1. The van der Waals surface area contributed by atoms with Crippen molar-refractivity contribution in [1.29, 1.82) is 0 Å². The lowest BCUT2D eigenvalue weighted by Gasteiger charge is -2.31. The quantitative estimate of drug-likeness (QED) is 0.612. The normalized spacial score (nSPS) is 17.5. The van der Waals surface area contributed by atoms with E-state index < -0.39 is 4.92 Å². The van der Waals surface area contributed by atoms with Crippen molar-refractivity contribution in [3.8, 4) is 0 Å². The number of carbonyl (C=O) groups excluding carboxylic acids is 2. The van der Waals surface area contributed by atoms with E-state index >= 15 is 0 Å². The van der Waals surface area contributed by atoms with Gasteiger partial charge in [-0.3, -0.25) is 14.9 Å². The lowest BCUT2D eigenvalue weighted by atomic mass is 10.0. The highest BCUT2D eigenvalue weighted by Crippen LogP contribution is 2.31. The van der Waals surface area contributed by atoms with E-state index in [4.69, 9.17) is 4.74 Å². The van der Waals surface area contributed by atoms with Crippen LogP contribution in [-0.2, 0) is 4.74 Å². The molecule has 152 valence electrons. The number of hydrogen-bond acceptors (Lipinski definition) is 6. The van der Waals surface area contributed by atoms with E-state index in [1.807, 2.05) is 4.90 Å². The van der Waals surface area contributed by atoms with Crippen molar-refractivity contribution in [2.75, 3.05) is 37.7 Å². The van der Waals surface area contributed by atoms with Gasteiger partial charge in [0, 0.05) is 43.9 Å². The van der Waals surface area contributed by atoms with E-state index in [1.54, 1.807) is 24.0 Å². The molecule has 1 aromatic carbocycles. The molecular weight excluding hydrogens is 364 g/mol. The van der Waals surface area contributed by atoms with Crippen LogP contribution in [0.25, 0.3) is 0 Å². The number of piperidine rings is 1. The van der Waals surface area contributed by atoms with Crippen LogP contribution in [0, 0.1) is 10.1 Å². The second-order valence-electron chi connectivity index (χ2n) is 7.09. The summed E-state index contributed by atoms with van der Waals surface area (Å²) in [4.78, 5) is 39.0. The minimum absolute atomic E-state index is 0.0355. The van der Waals surface area contributed by atoms with Crippen molar-refractivity contribution in [3.63, 3.8) is 0 Å². The number of nitrogens with zero attached hydrogens (tertiary/aromatic N) is 3. The van der Waals surface area contributed by atoms with Gasteiger partial charge in [-0.15, -0.1) is 0 Å². The molecule has 28 heavy (non-hydrogen) atoms. The van der Waals surface area contributed by atoms with E-state index in [9.17, 15) is 19.7 Å². The minimum atomic E-state index is -0.428. The third-order valence-corrected chi connectivity index (χ3v) is 5.24. The summed E-state index contributed by atoms with van der Waals surface area (Å²) in [5.74, 6) is -0.328. The molecule has 9 nitrogen and oxygen atoms in total. The van der Waals surface area contributed by atoms with Gasteiger partial charge in [0.15, 0.2) is 0 Å². The second-order valence-corrected chi connectivity index (χ2v) is 7.09. The number of benzene rings is 1. The molecule has 0 spiro atoms. The Bertz CT molecular complexity index is 740. The summed E-state index contributed by atoms with van der Waals surface area (Å²) >= 11 is 0. The number of likely N-dealkylation sites (tertiary alicyclic amines) is 1. The fourth-order valence-corrected chi connectivity index (χ4v) is 3.73. The lowest BCUT2D eigenvalue weighted by Crippen LogP contribution is -2.46. The number of nitro benzene ring substituents is 1. The largest absolute Gasteiger partial charge is 0.450 e. The lowest BCUT2D eigenvalue weighted by molar-refractivity contribution is -0.384. The number of nitro groups is 1. The fraction of sp³-hybridized carbons (Fsp3) is 0.579. The van der Waals surface area contributed by atoms with Gasteiger partial charge in [-0.25, -0.2) is 4.79 Å². The molecular formula is C19H26N4O5. The summed E-state index contributed by atoms with van der Waals surface area (Å²) in [6.07, 6.45) is 2.95. The molecule has 0 unspecified atom stereocenters. The molecule has 1 N–H and O–H groups in total. The Morgan fingerprint density at radius 1 is 1.21 bits per heavy atom. The molecule has 2 fully saturated rings. The summed E-state index contributed by atoms with van der Waals surface area (Å²) < 4.78 is 4.99. The Balaban J connectivity index is 1.62. The number of ether oxygens (including phenoxy) is 1. The Labute approximate surface area is 163 Å². The zero-order valence-electron chi connectivity index (χ0n) is 16.1. The number of rotatable bonds is 5. The molecule has 3 rings (SSSR count). The van der Waals surface area contributed by atoms with Gasteiger partial charge in [0.05, 0.1) is 11.5 Å². The Morgan fingerprint density at radius 2 is 1.89 bits per heavy atom. The van der Waals surface area contributed by atoms with Crippen LogP contribution < -0.4 is 10.2 Å². The highest BCUT2D eigenvalue weighted by Gasteiger charge is 2.27. The van der Waals surface area contributed by atoms with Crippen molar-refractivity contribution in [3.05, 3.63) is 33.9 Å². The summed E-state index contributed by atoms with van der Waals surface area (Å²) in [5.41, 5.74) is 0.816. The van der Waals surface area contributed by atoms with Crippen LogP contribution in [0.5, 0.6) is 0 Å². The number of carbonyl (C=O) groups is 2. The first-order valence-electron chi connectivity index (χ1n) is 9.75. The molecule has 2 heterocycles. The molecule has 9 heteroatoms.